The number of aromatic nitrogens is 4. The summed E-state index contributed by atoms with van der Waals surface area (Å²) >= 11 is 1.25. The van der Waals surface area contributed by atoms with Gasteiger partial charge in [-0.25, -0.2) is 23.6 Å². The Morgan fingerprint density at radius 2 is 1.89 bits per heavy atom. The number of rotatable bonds is 16. The summed E-state index contributed by atoms with van der Waals surface area (Å²) in [5, 5.41) is 30.0. The van der Waals surface area contributed by atoms with Gasteiger partial charge in [-0.1, -0.05) is 31.2 Å². The number of carbonyl (C=O) groups excluding carboxylic acids is 2. The van der Waals surface area contributed by atoms with E-state index < -0.39 is 47.0 Å². The van der Waals surface area contributed by atoms with E-state index in [4.69, 9.17) is 24.6 Å². The third-order valence-corrected chi connectivity index (χ3v) is 9.68. The maximum Gasteiger partial charge on any atom is 0.418 e. The van der Waals surface area contributed by atoms with Gasteiger partial charge in [0.15, 0.2) is 0 Å². The van der Waals surface area contributed by atoms with Crippen LogP contribution < -0.4 is 9.88 Å². The molecule has 0 saturated heterocycles. The van der Waals surface area contributed by atoms with Crippen molar-refractivity contribution < 1.29 is 42.3 Å². The molecule has 2 unspecified atom stereocenters. The molecule has 0 radical (unpaired) electrons. The second-order valence-corrected chi connectivity index (χ2v) is 15.0. The predicted octanol–water partition coefficient (Wildman–Crippen LogP) is 6.24. The van der Waals surface area contributed by atoms with E-state index in [2.05, 4.69) is 22.1 Å². The third kappa shape index (κ3) is 11.2. The molecular weight excluding hydrogens is 759 g/mol. The van der Waals surface area contributed by atoms with Gasteiger partial charge >= 0.3 is 12.1 Å². The van der Waals surface area contributed by atoms with Crippen LogP contribution in [0.3, 0.4) is 0 Å². The lowest BCUT2D eigenvalue weighted by molar-refractivity contribution is -0.753. The molecular formula is C40H49F2N8O6S+. The van der Waals surface area contributed by atoms with E-state index in [1.807, 2.05) is 20.8 Å². The van der Waals surface area contributed by atoms with Gasteiger partial charge in [-0.2, -0.15) is 4.57 Å². The molecule has 0 aliphatic heterocycles. The van der Waals surface area contributed by atoms with Crippen molar-refractivity contribution in [2.45, 2.75) is 71.4 Å². The van der Waals surface area contributed by atoms with Crippen LogP contribution in [-0.4, -0.2) is 82.3 Å². The molecule has 0 aliphatic rings. The van der Waals surface area contributed by atoms with Crippen molar-refractivity contribution in [1.82, 2.24) is 25.0 Å². The molecule has 3 N–H and O–H groups in total. The van der Waals surface area contributed by atoms with Gasteiger partial charge in [-0.05, 0) is 71.8 Å². The molecule has 1 amide bonds. The summed E-state index contributed by atoms with van der Waals surface area (Å²) in [5.41, 5.74) is -0.552. The van der Waals surface area contributed by atoms with E-state index in [1.54, 1.807) is 69.6 Å². The highest BCUT2D eigenvalue weighted by atomic mass is 32.1. The fraction of sp³-hybridized carbons (Fsp3) is 0.375. The van der Waals surface area contributed by atoms with Crippen LogP contribution in [0, 0.1) is 17.0 Å². The Balaban J connectivity index is 1.57. The fourth-order valence-electron chi connectivity index (χ4n) is 5.66. The van der Waals surface area contributed by atoms with E-state index in [9.17, 15) is 19.1 Å². The highest BCUT2D eigenvalue weighted by molar-refractivity contribution is 7.10. The predicted molar refractivity (Wildman–Crippen MR) is 212 cm³/mol. The number of halogens is 2. The largest absolute Gasteiger partial charge is 0.472 e. The van der Waals surface area contributed by atoms with Crippen LogP contribution in [-0.2, 0) is 31.2 Å². The summed E-state index contributed by atoms with van der Waals surface area (Å²) < 4.78 is 49.5. The number of likely N-dealkylation sites (N-methyl/N-ethyl adjacent to an activating group) is 1. The normalized spacial score (nSPS) is 14.3. The number of aliphatic imine (C=N–C) groups is 1. The number of nitrogens with zero attached hydrogens (tertiary/aromatic N) is 6. The first-order valence-corrected chi connectivity index (χ1v) is 18.8. The maximum absolute atomic E-state index is 15.5. The average molecular weight is 808 g/mol. The molecule has 4 aromatic rings. The zero-order valence-electron chi connectivity index (χ0n) is 33.2. The molecule has 3 atom stereocenters. The van der Waals surface area contributed by atoms with Crippen molar-refractivity contribution in [2.24, 2.45) is 4.99 Å². The number of carbonyl (C=O) groups is 2. The summed E-state index contributed by atoms with van der Waals surface area (Å²) in [6, 6.07) is 10.0. The Labute approximate surface area is 334 Å². The molecule has 17 heteroatoms. The van der Waals surface area contributed by atoms with Gasteiger partial charge in [0.1, 0.15) is 41.8 Å². The Kier molecular flexibility index (Phi) is 14.7. The van der Waals surface area contributed by atoms with Crippen molar-refractivity contribution >= 4 is 36.0 Å². The molecule has 57 heavy (non-hydrogen) atoms. The summed E-state index contributed by atoms with van der Waals surface area (Å²) in [4.78, 5) is 35.1. The standard InChI is InChI=1S/C40H49F2N8O6S/c1-10-11-29(20-54-34(51)19-44-7)36(45-8)48(9)38(52)55-26(3)49-23-46-50(24-49)22-40(53,31-18-30(41)16-17-32(31)42)25(2)37-47-33(21-57-37)27-12-14-28(15-13-27)35(43)56-39(4,5)6/h10-18,21,23-26,43-44,53H,8,19-20,22H2,1-7,9H3/q+1/b11-10-,36-29-,43-35?/t25-,26?,40?/m0/s1. The number of allylic oxidation sites excluding steroid dienone is 1. The first-order valence-electron chi connectivity index (χ1n) is 17.9. The number of benzene rings is 2. The average Bonchev–Trinajstić information content (AvgIpc) is 3.85. The first kappa shape index (κ1) is 44.1. The quantitative estimate of drug-likeness (QED) is 0.0390. The molecule has 14 nitrogen and oxygen atoms in total. The minimum absolute atomic E-state index is 0.00234. The smallest absolute Gasteiger partial charge is 0.418 e. The van der Waals surface area contributed by atoms with Gasteiger partial charge < -0.3 is 24.6 Å². The van der Waals surface area contributed by atoms with E-state index in [0.717, 1.165) is 28.7 Å². The fourth-order valence-corrected chi connectivity index (χ4v) is 6.63. The van der Waals surface area contributed by atoms with Gasteiger partial charge in [0.25, 0.3) is 6.33 Å². The van der Waals surface area contributed by atoms with Crippen LogP contribution in [0.1, 0.15) is 69.8 Å². The Bertz CT molecular complexity index is 2130. The Hall–Kier alpha value is -5.65. The first-order chi connectivity index (χ1) is 26.9. The zero-order chi connectivity index (χ0) is 42.1. The van der Waals surface area contributed by atoms with Crippen LogP contribution in [0.25, 0.3) is 11.3 Å². The second-order valence-electron chi connectivity index (χ2n) is 14.1. The summed E-state index contributed by atoms with van der Waals surface area (Å²) in [7, 11) is 3.04. The minimum atomic E-state index is -2.07. The molecule has 2 heterocycles. The molecule has 0 fully saturated rings. The summed E-state index contributed by atoms with van der Waals surface area (Å²) in [6.07, 6.45) is 4.39. The summed E-state index contributed by atoms with van der Waals surface area (Å²) in [5.74, 6) is -2.79. The molecule has 304 valence electrons. The van der Waals surface area contributed by atoms with E-state index in [1.165, 1.54) is 40.3 Å². The van der Waals surface area contributed by atoms with E-state index >= 15 is 4.39 Å². The van der Waals surface area contributed by atoms with Crippen molar-refractivity contribution in [1.29, 1.82) is 5.41 Å². The Morgan fingerprint density at radius 1 is 1.19 bits per heavy atom. The number of ether oxygens (including phenoxy) is 3. The van der Waals surface area contributed by atoms with Crippen molar-refractivity contribution in [3.8, 4) is 11.3 Å². The SMILES string of the molecule is C=N/C(=C(\C=C/C)COC(=O)CNC)N(C)C(=O)OC(C)[n+]1cnn(CC(O)(c2cc(F)ccc2F)[C@@H](C)c2nc(-c3ccc(C(=N)OC(C)(C)C)cc3)cs2)c1. The number of hydrogen-bond donors (Lipinski definition) is 3. The van der Waals surface area contributed by atoms with Crippen LogP contribution in [0.2, 0.25) is 0 Å². The monoisotopic (exact) mass is 807 g/mol. The third-order valence-electron chi connectivity index (χ3n) is 8.65. The zero-order valence-corrected chi connectivity index (χ0v) is 34.1. The molecule has 0 spiro atoms. The highest BCUT2D eigenvalue weighted by Gasteiger charge is 2.43. The van der Waals surface area contributed by atoms with Crippen LogP contribution >= 0.6 is 11.3 Å². The number of esters is 1. The lowest BCUT2D eigenvalue weighted by Crippen LogP contribution is -2.42. The van der Waals surface area contributed by atoms with Crippen LogP contribution in [0.15, 0.2) is 89.0 Å². The van der Waals surface area contributed by atoms with E-state index in [0.29, 0.717) is 21.8 Å². The van der Waals surface area contributed by atoms with Gasteiger partial charge in [-0.15, -0.1) is 16.0 Å². The number of aliphatic hydroxyl groups is 1. The lowest BCUT2D eigenvalue weighted by Gasteiger charge is -2.32. The number of nitrogens with one attached hydrogen (secondary N) is 2. The second kappa shape index (κ2) is 19.0. The van der Waals surface area contributed by atoms with Crippen molar-refractivity contribution in [2.75, 3.05) is 27.2 Å². The minimum Gasteiger partial charge on any atom is -0.472 e. The Morgan fingerprint density at radius 3 is 2.53 bits per heavy atom. The molecule has 0 saturated carbocycles. The number of hydrogen-bond acceptors (Lipinski definition) is 12. The maximum atomic E-state index is 15.5. The highest BCUT2D eigenvalue weighted by Crippen LogP contribution is 2.41. The lowest BCUT2D eigenvalue weighted by atomic mass is 9.82. The van der Waals surface area contributed by atoms with Crippen molar-refractivity contribution in [3.05, 3.63) is 112 Å². The molecule has 0 aliphatic carbocycles. The van der Waals surface area contributed by atoms with Gasteiger partial charge in [0.05, 0.1) is 17.2 Å². The van der Waals surface area contributed by atoms with Crippen molar-refractivity contribution in [3.63, 3.8) is 0 Å². The van der Waals surface area contributed by atoms with Gasteiger partial charge in [0, 0.05) is 52.6 Å². The van der Waals surface area contributed by atoms with Crippen LogP contribution in [0.5, 0.6) is 0 Å². The van der Waals surface area contributed by atoms with Crippen LogP contribution in [0.4, 0.5) is 13.6 Å². The number of thiazole rings is 1. The molecule has 0 bridgehead atoms. The summed E-state index contributed by atoms with van der Waals surface area (Å²) in [6.45, 7) is 13.6. The van der Waals surface area contributed by atoms with Gasteiger partial charge in [0.2, 0.25) is 18.5 Å². The number of amides is 1. The van der Waals surface area contributed by atoms with E-state index in [-0.39, 0.29) is 37.0 Å². The molecule has 2 aromatic carbocycles. The molecule has 4 rings (SSSR count). The molecule has 2 aromatic heterocycles. The van der Waals surface area contributed by atoms with Gasteiger partial charge in [-0.3, -0.25) is 15.1 Å². The topological polar surface area (TPSA) is 168 Å².